The Kier molecular flexibility index (Phi) is 7.73. The molecule has 1 unspecified atom stereocenters. The Hall–Kier alpha value is -4.56. The second-order valence-corrected chi connectivity index (χ2v) is 12.8. The van der Waals surface area contributed by atoms with Crippen LogP contribution in [-0.4, -0.2) is 37.8 Å². The van der Waals surface area contributed by atoms with Crippen LogP contribution in [0.25, 0.3) is 44.7 Å². The number of benzene rings is 2. The minimum absolute atomic E-state index is 0.279. The van der Waals surface area contributed by atoms with E-state index in [2.05, 4.69) is 36.2 Å². The summed E-state index contributed by atoms with van der Waals surface area (Å²) in [5.41, 5.74) is 8.49. The predicted molar refractivity (Wildman–Crippen MR) is 174 cm³/mol. The van der Waals surface area contributed by atoms with Crippen LogP contribution in [0.5, 0.6) is 5.75 Å². The number of pyridine rings is 2. The maximum absolute atomic E-state index is 15.7. The molecule has 0 saturated carbocycles. The number of fused-ring (bicyclic) bond motifs is 2. The SMILES string of the molecule is Cc1ccc(-c2cc(-c3cc4c(-c5cc(F)c6c(c5C)CCCO6)c(C(OC(C)(C)C)C(=O)O)c(C)nc4n3C)ccn2)cc1. The first-order valence-electron chi connectivity index (χ1n) is 15.2. The smallest absolute Gasteiger partial charge is 0.337 e. The standard InChI is InChI=1S/C37H38FN3O4/c1-20-10-12-23(13-11-20)29-17-24(14-15-39-29)30-19-27-32(26-18-28(38)33-25(21(26)2)9-8-16-44-33)31(22(3)40-35(27)41(30)7)34(36(42)43)45-37(4,5)6/h10-15,17-19,34H,8-9,16H2,1-7H3,(H,42,43). The molecular formula is C37H38FN3O4. The first kappa shape index (κ1) is 30.5. The van der Waals surface area contributed by atoms with Crippen LogP contribution in [0.3, 0.4) is 0 Å². The van der Waals surface area contributed by atoms with Gasteiger partial charge in [0.1, 0.15) is 5.65 Å². The van der Waals surface area contributed by atoms with Crippen molar-refractivity contribution in [2.75, 3.05) is 6.61 Å². The maximum atomic E-state index is 15.7. The number of aryl methyl sites for hydroxylation is 3. The maximum Gasteiger partial charge on any atom is 0.337 e. The quantitative estimate of drug-likeness (QED) is 0.209. The highest BCUT2D eigenvalue weighted by atomic mass is 19.1. The number of hydrogen-bond acceptors (Lipinski definition) is 5. The van der Waals surface area contributed by atoms with Crippen molar-refractivity contribution in [2.45, 2.75) is 66.1 Å². The Bertz CT molecular complexity index is 1950. The average molecular weight is 608 g/mol. The third-order valence-electron chi connectivity index (χ3n) is 8.47. The number of carbonyl (C=O) groups is 1. The number of aliphatic carboxylic acids is 1. The first-order valence-corrected chi connectivity index (χ1v) is 15.2. The molecule has 45 heavy (non-hydrogen) atoms. The van der Waals surface area contributed by atoms with E-state index in [9.17, 15) is 9.90 Å². The largest absolute Gasteiger partial charge is 0.490 e. The van der Waals surface area contributed by atoms with Crippen molar-refractivity contribution < 1.29 is 23.8 Å². The Labute approximate surface area is 262 Å². The molecule has 0 amide bonds. The van der Waals surface area contributed by atoms with E-state index in [1.807, 2.05) is 57.5 Å². The Morgan fingerprint density at radius 3 is 2.49 bits per heavy atom. The molecule has 232 valence electrons. The molecule has 1 aliphatic rings. The van der Waals surface area contributed by atoms with Gasteiger partial charge in [-0.05, 0) is 89.8 Å². The molecule has 0 spiro atoms. The minimum Gasteiger partial charge on any atom is -0.490 e. The van der Waals surface area contributed by atoms with E-state index in [1.165, 1.54) is 11.6 Å². The predicted octanol–water partition coefficient (Wildman–Crippen LogP) is 8.30. The fraction of sp³-hybridized carbons (Fsp3) is 0.324. The average Bonchev–Trinajstić information content (AvgIpc) is 3.33. The topological polar surface area (TPSA) is 86.5 Å². The van der Waals surface area contributed by atoms with E-state index in [-0.39, 0.29) is 5.75 Å². The highest BCUT2D eigenvalue weighted by molar-refractivity contribution is 6.01. The van der Waals surface area contributed by atoms with Crippen LogP contribution in [0.2, 0.25) is 0 Å². The van der Waals surface area contributed by atoms with E-state index in [0.717, 1.165) is 40.1 Å². The molecule has 0 radical (unpaired) electrons. The molecule has 3 aromatic heterocycles. The van der Waals surface area contributed by atoms with Crippen LogP contribution in [-0.2, 0) is 23.0 Å². The van der Waals surface area contributed by atoms with Gasteiger partial charge in [0.25, 0.3) is 0 Å². The Balaban J connectivity index is 1.65. The Morgan fingerprint density at radius 1 is 1.07 bits per heavy atom. The van der Waals surface area contributed by atoms with Crippen molar-refractivity contribution in [2.24, 2.45) is 7.05 Å². The van der Waals surface area contributed by atoms with Crippen molar-refractivity contribution in [3.05, 3.63) is 88.5 Å². The van der Waals surface area contributed by atoms with Gasteiger partial charge in [-0.25, -0.2) is 14.2 Å². The number of halogens is 1. The van der Waals surface area contributed by atoms with E-state index in [4.69, 9.17) is 14.5 Å². The highest BCUT2D eigenvalue weighted by Crippen LogP contribution is 2.45. The lowest BCUT2D eigenvalue weighted by molar-refractivity contribution is -0.160. The van der Waals surface area contributed by atoms with Crippen LogP contribution in [0, 0.1) is 26.6 Å². The van der Waals surface area contributed by atoms with Crippen molar-refractivity contribution in [3.8, 4) is 39.4 Å². The van der Waals surface area contributed by atoms with Crippen molar-refractivity contribution in [3.63, 3.8) is 0 Å². The molecule has 2 aromatic carbocycles. The molecule has 4 heterocycles. The summed E-state index contributed by atoms with van der Waals surface area (Å²) in [6.45, 7) is 11.7. The van der Waals surface area contributed by atoms with Crippen molar-refractivity contribution in [1.29, 1.82) is 0 Å². The molecule has 6 rings (SSSR count). The van der Waals surface area contributed by atoms with Gasteiger partial charge in [-0.15, -0.1) is 0 Å². The summed E-state index contributed by atoms with van der Waals surface area (Å²) >= 11 is 0. The summed E-state index contributed by atoms with van der Waals surface area (Å²) in [5.74, 6) is -1.32. The lowest BCUT2D eigenvalue weighted by Crippen LogP contribution is -2.28. The number of nitrogens with zero attached hydrogens (tertiary/aromatic N) is 3. The molecular weight excluding hydrogens is 569 g/mol. The number of rotatable bonds is 6. The molecule has 1 atom stereocenters. The molecule has 5 aromatic rings. The summed E-state index contributed by atoms with van der Waals surface area (Å²) in [7, 11) is 1.94. The van der Waals surface area contributed by atoms with Crippen LogP contribution in [0.4, 0.5) is 4.39 Å². The molecule has 7 nitrogen and oxygen atoms in total. The molecule has 8 heteroatoms. The van der Waals surface area contributed by atoms with Gasteiger partial charge in [0, 0.05) is 52.1 Å². The van der Waals surface area contributed by atoms with E-state index in [0.29, 0.717) is 46.4 Å². The van der Waals surface area contributed by atoms with Crippen LogP contribution in [0.15, 0.2) is 54.7 Å². The number of hydrogen-bond donors (Lipinski definition) is 1. The van der Waals surface area contributed by atoms with Crippen LogP contribution >= 0.6 is 0 Å². The second kappa shape index (κ2) is 11.4. The van der Waals surface area contributed by atoms with Crippen LogP contribution in [0.1, 0.15) is 61.2 Å². The third-order valence-corrected chi connectivity index (χ3v) is 8.47. The number of carboxylic acid groups (broad SMARTS) is 1. The van der Waals surface area contributed by atoms with Gasteiger partial charge in [0.2, 0.25) is 0 Å². The first-order chi connectivity index (χ1) is 21.3. The van der Waals surface area contributed by atoms with Gasteiger partial charge in [-0.3, -0.25) is 4.98 Å². The van der Waals surface area contributed by atoms with E-state index >= 15 is 4.39 Å². The number of carboxylic acids is 1. The van der Waals surface area contributed by atoms with Crippen molar-refractivity contribution in [1.82, 2.24) is 14.5 Å². The monoisotopic (exact) mass is 607 g/mol. The van der Waals surface area contributed by atoms with E-state index in [1.54, 1.807) is 13.1 Å². The van der Waals surface area contributed by atoms with Crippen LogP contribution < -0.4 is 4.74 Å². The summed E-state index contributed by atoms with van der Waals surface area (Å²) < 4.78 is 29.7. The zero-order valence-corrected chi connectivity index (χ0v) is 26.8. The fourth-order valence-corrected chi connectivity index (χ4v) is 6.32. The Morgan fingerprint density at radius 2 is 1.80 bits per heavy atom. The molecule has 0 saturated heterocycles. The molecule has 1 aliphatic heterocycles. The summed E-state index contributed by atoms with van der Waals surface area (Å²) in [4.78, 5) is 22.4. The zero-order chi connectivity index (χ0) is 32.2. The minimum atomic E-state index is -1.33. The highest BCUT2D eigenvalue weighted by Gasteiger charge is 2.34. The molecule has 1 N–H and O–H groups in total. The summed E-state index contributed by atoms with van der Waals surface area (Å²) in [6.07, 6.45) is 1.91. The summed E-state index contributed by atoms with van der Waals surface area (Å²) in [6, 6.07) is 15.7. The lowest BCUT2D eigenvalue weighted by Gasteiger charge is -2.29. The fourth-order valence-electron chi connectivity index (χ4n) is 6.32. The summed E-state index contributed by atoms with van der Waals surface area (Å²) in [5, 5.41) is 11.2. The second-order valence-electron chi connectivity index (χ2n) is 12.8. The molecule has 0 bridgehead atoms. The third kappa shape index (κ3) is 5.59. The normalized spacial score (nSPS) is 13.9. The van der Waals surface area contributed by atoms with Gasteiger partial charge in [-0.2, -0.15) is 0 Å². The van der Waals surface area contributed by atoms with Gasteiger partial charge >= 0.3 is 5.97 Å². The molecule has 0 fully saturated rings. The van der Waals surface area contributed by atoms with Gasteiger partial charge in [-0.1, -0.05) is 29.8 Å². The van der Waals surface area contributed by atoms with Crippen molar-refractivity contribution >= 4 is 17.0 Å². The van der Waals surface area contributed by atoms with Gasteiger partial charge in [0.05, 0.1) is 23.6 Å². The van der Waals surface area contributed by atoms with Gasteiger partial charge in [0.15, 0.2) is 17.7 Å². The van der Waals surface area contributed by atoms with E-state index < -0.39 is 23.5 Å². The zero-order valence-electron chi connectivity index (χ0n) is 26.8. The lowest BCUT2D eigenvalue weighted by atomic mass is 9.86. The molecule has 0 aliphatic carbocycles. The van der Waals surface area contributed by atoms with Gasteiger partial charge < -0.3 is 19.1 Å². The number of ether oxygens (including phenoxy) is 2. The number of aromatic nitrogens is 3.